The molecule has 0 fully saturated rings. The average Bonchev–Trinajstić information content (AvgIpc) is 2.93. The van der Waals surface area contributed by atoms with E-state index in [2.05, 4.69) is 28.2 Å². The van der Waals surface area contributed by atoms with E-state index in [0.717, 1.165) is 16.7 Å². The summed E-state index contributed by atoms with van der Waals surface area (Å²) < 4.78 is 2.44. The molecule has 1 heterocycles. The Morgan fingerprint density at radius 2 is 2.16 bits per heavy atom. The molecule has 25 heavy (non-hydrogen) atoms. The van der Waals surface area contributed by atoms with Crippen molar-refractivity contribution < 1.29 is 4.84 Å². The first-order valence-electron chi connectivity index (χ1n) is 7.71. The molecule has 0 saturated heterocycles. The van der Waals surface area contributed by atoms with Crippen LogP contribution in [0.2, 0.25) is 0 Å². The molecule has 132 valence electrons. The second-order valence-electron chi connectivity index (χ2n) is 5.54. The normalized spacial score (nSPS) is 13.7. The fraction of sp³-hybridized carbons (Fsp3) is 0.294. The van der Waals surface area contributed by atoms with Crippen molar-refractivity contribution in [3.05, 3.63) is 62.9 Å². The molecule has 0 spiro atoms. The summed E-state index contributed by atoms with van der Waals surface area (Å²) >= 11 is 4.06. The van der Waals surface area contributed by atoms with E-state index in [1.54, 1.807) is 24.7 Å². The summed E-state index contributed by atoms with van der Waals surface area (Å²) in [4.78, 5) is 17.7. The Hall–Kier alpha value is -2.61. The van der Waals surface area contributed by atoms with Gasteiger partial charge in [-0.05, 0) is 59.9 Å². The molecule has 0 aliphatic heterocycles. The van der Waals surface area contributed by atoms with Crippen LogP contribution >= 0.6 is 12.6 Å². The first-order chi connectivity index (χ1) is 12.0. The van der Waals surface area contributed by atoms with Gasteiger partial charge >= 0.3 is 5.69 Å². The molecule has 1 aromatic heterocycles. The van der Waals surface area contributed by atoms with Gasteiger partial charge in [-0.2, -0.15) is 22.0 Å². The van der Waals surface area contributed by atoms with Gasteiger partial charge in [-0.15, -0.1) is 0 Å². The molecule has 0 saturated carbocycles. The van der Waals surface area contributed by atoms with E-state index < -0.39 is 0 Å². The van der Waals surface area contributed by atoms with Crippen molar-refractivity contribution in [2.45, 2.75) is 26.9 Å². The second-order valence-corrected chi connectivity index (χ2v) is 5.80. The van der Waals surface area contributed by atoms with E-state index >= 15 is 0 Å². The maximum absolute atomic E-state index is 12.2. The number of tetrazole rings is 1. The summed E-state index contributed by atoms with van der Waals surface area (Å²) in [6.45, 7) is 5.75. The van der Waals surface area contributed by atoms with Gasteiger partial charge < -0.3 is 4.84 Å². The van der Waals surface area contributed by atoms with E-state index in [0.29, 0.717) is 5.69 Å². The minimum absolute atomic E-state index is 0.320. The van der Waals surface area contributed by atoms with Crippen LogP contribution in [0.3, 0.4) is 0 Å². The zero-order chi connectivity index (χ0) is 18.4. The Morgan fingerprint density at radius 3 is 2.80 bits per heavy atom. The van der Waals surface area contributed by atoms with Crippen molar-refractivity contribution in [2.75, 3.05) is 0 Å². The van der Waals surface area contributed by atoms with Crippen LogP contribution in [-0.4, -0.2) is 26.0 Å². The molecule has 0 aliphatic carbocycles. The lowest BCUT2D eigenvalue weighted by Crippen LogP contribution is -2.23. The molecule has 0 bridgehead atoms. The molecule has 0 N–H and O–H groups in total. The summed E-state index contributed by atoms with van der Waals surface area (Å²) in [6.07, 6.45) is 4.82. The van der Waals surface area contributed by atoms with Crippen molar-refractivity contribution in [2.24, 2.45) is 12.2 Å². The van der Waals surface area contributed by atoms with Gasteiger partial charge in [0.1, 0.15) is 0 Å². The van der Waals surface area contributed by atoms with E-state index in [9.17, 15) is 4.79 Å². The van der Waals surface area contributed by atoms with Crippen LogP contribution in [0.1, 0.15) is 31.1 Å². The van der Waals surface area contributed by atoms with E-state index in [1.165, 1.54) is 9.36 Å². The highest BCUT2D eigenvalue weighted by Crippen LogP contribution is 2.26. The van der Waals surface area contributed by atoms with Gasteiger partial charge in [0.15, 0.2) is 6.10 Å². The molecule has 1 aromatic carbocycles. The molecule has 2 rings (SSSR count). The second kappa shape index (κ2) is 8.48. The Kier molecular flexibility index (Phi) is 6.35. The van der Waals surface area contributed by atoms with E-state index in [1.807, 2.05) is 45.0 Å². The molecule has 1 atom stereocenters. The summed E-state index contributed by atoms with van der Waals surface area (Å²) in [5.41, 5.74) is 3.12. The number of nitrogens with zero attached hydrogens (tertiary/aromatic N) is 5. The molecule has 0 aliphatic rings. The fourth-order valence-electron chi connectivity index (χ4n) is 2.30. The number of hydrogen-bond acceptors (Lipinski definition) is 6. The lowest BCUT2D eigenvalue weighted by atomic mass is 10.0. The topological polar surface area (TPSA) is 74.3 Å². The summed E-state index contributed by atoms with van der Waals surface area (Å²) in [5, 5.41) is 13.3. The Balaban J connectivity index is 2.27. The highest BCUT2D eigenvalue weighted by molar-refractivity contribution is 7.83. The molecule has 0 amide bonds. The Morgan fingerprint density at radius 1 is 1.40 bits per heavy atom. The molecule has 7 nitrogen and oxygen atoms in total. The number of aryl methyl sites for hydroxylation is 2. The van der Waals surface area contributed by atoms with Gasteiger partial charge in [0.2, 0.25) is 0 Å². The molecule has 1 unspecified atom stereocenters. The van der Waals surface area contributed by atoms with Crippen LogP contribution in [0.4, 0.5) is 0 Å². The van der Waals surface area contributed by atoms with E-state index in [4.69, 9.17) is 4.84 Å². The number of oxime groups is 1. The summed E-state index contributed by atoms with van der Waals surface area (Å²) in [5.74, 6) is 0. The van der Waals surface area contributed by atoms with Crippen LogP contribution in [0.25, 0.3) is 5.69 Å². The zero-order valence-electron chi connectivity index (χ0n) is 14.6. The minimum Gasteiger partial charge on any atom is -0.388 e. The number of benzene rings is 1. The van der Waals surface area contributed by atoms with Gasteiger partial charge in [0.05, 0.1) is 11.9 Å². The van der Waals surface area contributed by atoms with Crippen molar-refractivity contribution in [3.8, 4) is 5.69 Å². The van der Waals surface area contributed by atoms with E-state index in [-0.39, 0.29) is 11.8 Å². The Bertz CT molecular complexity index is 879. The number of allylic oxidation sites excluding steroid dienone is 3. The molecule has 8 heteroatoms. The van der Waals surface area contributed by atoms with Crippen LogP contribution in [0.5, 0.6) is 0 Å². The molecular weight excluding hydrogens is 338 g/mol. The third-order valence-electron chi connectivity index (χ3n) is 3.59. The van der Waals surface area contributed by atoms with Crippen molar-refractivity contribution in [1.29, 1.82) is 0 Å². The van der Waals surface area contributed by atoms with Crippen LogP contribution in [-0.2, 0) is 11.9 Å². The van der Waals surface area contributed by atoms with Crippen molar-refractivity contribution in [1.82, 2.24) is 19.8 Å². The van der Waals surface area contributed by atoms with Gasteiger partial charge in [0, 0.05) is 12.6 Å². The molecule has 0 radical (unpaired) electrons. The maximum Gasteiger partial charge on any atom is 0.368 e. The lowest BCUT2D eigenvalue weighted by molar-refractivity contribution is 0.0731. The minimum atomic E-state index is -0.365. The first-order valence-corrected chi connectivity index (χ1v) is 8.23. The van der Waals surface area contributed by atoms with Gasteiger partial charge in [0.25, 0.3) is 0 Å². The predicted molar refractivity (Wildman–Crippen MR) is 101 cm³/mol. The third-order valence-corrected chi connectivity index (χ3v) is 3.99. The summed E-state index contributed by atoms with van der Waals surface area (Å²) in [7, 11) is 1.55. The van der Waals surface area contributed by atoms with Crippen molar-refractivity contribution in [3.63, 3.8) is 0 Å². The standard InChI is InChI=1S/C17H21N5O2S/c1-12(11-25)7-6-10-18-24-14(3)16-13(2)8-5-9-15(16)22-17(23)21(4)19-20-22/h5-11,14,25H,1-4H3. The number of rotatable bonds is 6. The maximum atomic E-state index is 12.2. The molecule has 2 aromatic rings. The van der Waals surface area contributed by atoms with Gasteiger partial charge in [-0.25, -0.2) is 4.79 Å². The highest BCUT2D eigenvalue weighted by atomic mass is 32.1. The summed E-state index contributed by atoms with van der Waals surface area (Å²) in [6, 6.07) is 5.62. The number of hydrogen-bond donors (Lipinski definition) is 1. The SMILES string of the molecule is CC(C=CC=NOC(C)c1c(C)cccc1-n1nnn(C)c1=O)=CS. The van der Waals surface area contributed by atoms with Gasteiger partial charge in [-0.1, -0.05) is 23.4 Å². The highest BCUT2D eigenvalue weighted by Gasteiger charge is 2.18. The number of thiol groups is 1. The predicted octanol–water partition coefficient (Wildman–Crippen LogP) is 2.73. The quantitative estimate of drug-likeness (QED) is 0.372. The van der Waals surface area contributed by atoms with Crippen LogP contribution < -0.4 is 5.69 Å². The smallest absolute Gasteiger partial charge is 0.368 e. The van der Waals surface area contributed by atoms with Gasteiger partial charge in [-0.3, -0.25) is 0 Å². The first kappa shape index (κ1) is 18.7. The monoisotopic (exact) mass is 359 g/mol. The Labute approximate surface area is 151 Å². The third kappa shape index (κ3) is 4.48. The zero-order valence-corrected chi connectivity index (χ0v) is 15.5. The average molecular weight is 359 g/mol. The molecular formula is C17H21N5O2S. The van der Waals surface area contributed by atoms with Crippen LogP contribution in [0, 0.1) is 6.92 Å². The number of aromatic nitrogens is 4. The largest absolute Gasteiger partial charge is 0.388 e. The lowest BCUT2D eigenvalue weighted by Gasteiger charge is -2.16. The van der Waals surface area contributed by atoms with Crippen molar-refractivity contribution >= 4 is 18.8 Å². The fourth-order valence-corrected chi connectivity index (χ4v) is 2.38. The van der Waals surface area contributed by atoms with Crippen LogP contribution in [0.15, 0.2) is 51.3 Å².